The molecule has 0 radical (unpaired) electrons. The van der Waals surface area contributed by atoms with Crippen LogP contribution in [0, 0.1) is 6.92 Å². The molecule has 3 aromatic rings. The fraction of sp³-hybridized carbons (Fsp3) is 0.458. The van der Waals surface area contributed by atoms with Gasteiger partial charge in [-0.15, -0.1) is 0 Å². The second-order valence-electron chi connectivity index (χ2n) is 8.05. The Bertz CT molecular complexity index is 1150. The van der Waals surface area contributed by atoms with E-state index in [0.717, 1.165) is 35.2 Å². The summed E-state index contributed by atoms with van der Waals surface area (Å²) in [6.45, 7) is 5.34. The van der Waals surface area contributed by atoms with Gasteiger partial charge in [-0.25, -0.2) is 9.97 Å². The van der Waals surface area contributed by atoms with Gasteiger partial charge in [-0.3, -0.25) is 4.79 Å². The molecular weight excluding hydrogens is 452 g/mol. The predicted molar refractivity (Wildman–Crippen MR) is 130 cm³/mol. The highest BCUT2D eigenvalue weighted by Crippen LogP contribution is 2.31. The van der Waals surface area contributed by atoms with E-state index in [1.54, 1.807) is 7.05 Å². The molecule has 1 atom stereocenters. The number of aromatic nitrogens is 4. The van der Waals surface area contributed by atoms with Gasteiger partial charge in [-0.1, -0.05) is 25.4 Å². The van der Waals surface area contributed by atoms with Crippen molar-refractivity contribution in [3.63, 3.8) is 0 Å². The molecule has 2 heterocycles. The van der Waals surface area contributed by atoms with E-state index < -0.39 is 18.6 Å². The van der Waals surface area contributed by atoms with Gasteiger partial charge in [0.1, 0.15) is 30.8 Å². The molecule has 0 aliphatic heterocycles. The number of aliphatic hydroxyl groups excluding tert-OH is 2. The number of aryl methyl sites for hydroxylation is 3. The van der Waals surface area contributed by atoms with E-state index in [9.17, 15) is 9.90 Å². The van der Waals surface area contributed by atoms with Gasteiger partial charge in [0.2, 0.25) is 17.7 Å². The highest BCUT2D eigenvalue weighted by atomic mass is 16.5. The number of rotatable bonds is 12. The maximum absolute atomic E-state index is 11.1. The minimum absolute atomic E-state index is 0.00709. The number of nitrogens with zero attached hydrogens (tertiary/aromatic N) is 4. The maximum Gasteiger partial charge on any atom is 0.277 e. The molecule has 0 aliphatic carbocycles. The number of hydrogen-bond donors (Lipinski definition) is 4. The summed E-state index contributed by atoms with van der Waals surface area (Å²) in [5.74, 6) is 1.34. The number of nitrogens with one attached hydrogen (secondary N) is 2. The largest absolute Gasteiger partial charge is 0.490 e. The Labute approximate surface area is 204 Å². The minimum atomic E-state index is -0.915. The number of amides is 1. The first-order valence-corrected chi connectivity index (χ1v) is 11.6. The van der Waals surface area contributed by atoms with Crippen LogP contribution in [0.15, 0.2) is 22.7 Å². The fourth-order valence-corrected chi connectivity index (χ4v) is 3.52. The van der Waals surface area contributed by atoms with E-state index in [1.165, 1.54) is 0 Å². The molecule has 3 rings (SSSR count). The van der Waals surface area contributed by atoms with Gasteiger partial charge in [0.15, 0.2) is 0 Å². The Morgan fingerprint density at radius 2 is 2.00 bits per heavy atom. The zero-order chi connectivity index (χ0) is 25.4. The van der Waals surface area contributed by atoms with Crippen LogP contribution >= 0.6 is 0 Å². The molecule has 0 bridgehead atoms. The van der Waals surface area contributed by atoms with Crippen LogP contribution in [0.4, 0.5) is 5.95 Å². The van der Waals surface area contributed by atoms with E-state index in [4.69, 9.17) is 14.4 Å². The molecule has 35 heavy (non-hydrogen) atoms. The van der Waals surface area contributed by atoms with Gasteiger partial charge < -0.3 is 30.1 Å². The summed E-state index contributed by atoms with van der Waals surface area (Å²) in [5.41, 5.74) is 3.99. The molecule has 11 heteroatoms. The smallest absolute Gasteiger partial charge is 0.277 e. The van der Waals surface area contributed by atoms with Crippen molar-refractivity contribution < 1.29 is 24.3 Å². The molecule has 1 aromatic carbocycles. The van der Waals surface area contributed by atoms with Crippen LogP contribution < -0.4 is 15.4 Å². The average Bonchev–Trinajstić information content (AvgIpc) is 3.36. The number of carbonyl (C=O) groups excluding carboxylic acids is 1. The van der Waals surface area contributed by atoms with E-state index in [2.05, 4.69) is 37.7 Å². The number of aliphatic hydroxyl groups is 2. The van der Waals surface area contributed by atoms with Gasteiger partial charge in [-0.2, -0.15) is 4.98 Å². The highest BCUT2D eigenvalue weighted by Gasteiger charge is 2.18. The molecule has 4 N–H and O–H groups in total. The van der Waals surface area contributed by atoms with Gasteiger partial charge >= 0.3 is 0 Å². The summed E-state index contributed by atoms with van der Waals surface area (Å²) in [6, 6.07) is 5.68. The van der Waals surface area contributed by atoms with Crippen molar-refractivity contribution in [1.29, 1.82) is 0 Å². The zero-order valence-electron chi connectivity index (χ0n) is 20.5. The first kappa shape index (κ1) is 26.0. The Hall–Kier alpha value is -3.57. The molecule has 0 fully saturated rings. The quantitative estimate of drug-likeness (QED) is 0.299. The Balaban J connectivity index is 1.80. The standard InChI is InChI=1S/C24H32N6O5/c1-5-7-17-10-19(28-24(25-4)27-17)23-29-22(30-35-23)16-8-14(3)21(15(6-2)9-16)34-13-18(32)11-26-20(33)12-31/h8-10,18,31-32H,5-7,11-13H2,1-4H3,(H,26,33)(H,25,27,28)/t18-/m0/s1. The molecule has 0 saturated carbocycles. The van der Waals surface area contributed by atoms with Crippen LogP contribution in [0.1, 0.15) is 37.1 Å². The van der Waals surface area contributed by atoms with E-state index >= 15 is 0 Å². The summed E-state index contributed by atoms with van der Waals surface area (Å²) in [5, 5.41) is 28.4. The van der Waals surface area contributed by atoms with E-state index in [0.29, 0.717) is 35.5 Å². The Morgan fingerprint density at radius 1 is 1.20 bits per heavy atom. The van der Waals surface area contributed by atoms with Crippen LogP contribution in [0.5, 0.6) is 5.75 Å². The molecule has 0 unspecified atom stereocenters. The monoisotopic (exact) mass is 484 g/mol. The van der Waals surface area contributed by atoms with Crippen LogP contribution in [0.25, 0.3) is 23.0 Å². The summed E-state index contributed by atoms with van der Waals surface area (Å²) in [6.07, 6.45) is 1.54. The SMILES string of the molecule is CCCc1cc(-c2nc(-c3cc(C)c(OC[C@@H](O)CNC(=O)CO)c(CC)c3)no2)nc(NC)n1. The van der Waals surface area contributed by atoms with E-state index in [-0.39, 0.29) is 13.2 Å². The number of hydrogen-bond acceptors (Lipinski definition) is 10. The van der Waals surface area contributed by atoms with Gasteiger partial charge in [0.25, 0.3) is 5.89 Å². The minimum Gasteiger partial charge on any atom is -0.490 e. The van der Waals surface area contributed by atoms with Gasteiger partial charge in [0, 0.05) is 24.8 Å². The van der Waals surface area contributed by atoms with Crippen molar-refractivity contribution in [3.05, 3.63) is 35.0 Å². The first-order valence-electron chi connectivity index (χ1n) is 11.6. The zero-order valence-corrected chi connectivity index (χ0v) is 20.5. The third kappa shape index (κ3) is 6.74. The molecule has 11 nitrogen and oxygen atoms in total. The lowest BCUT2D eigenvalue weighted by Gasteiger charge is -2.17. The van der Waals surface area contributed by atoms with Crippen LogP contribution in [-0.2, 0) is 17.6 Å². The van der Waals surface area contributed by atoms with Crippen molar-refractivity contribution in [3.8, 4) is 28.7 Å². The number of carbonyl (C=O) groups is 1. The lowest BCUT2D eigenvalue weighted by atomic mass is 10.0. The van der Waals surface area contributed by atoms with E-state index in [1.807, 2.05) is 32.0 Å². The molecule has 0 saturated heterocycles. The number of anilines is 1. The predicted octanol–water partition coefficient (Wildman–Crippen LogP) is 1.91. The lowest BCUT2D eigenvalue weighted by molar-refractivity contribution is -0.124. The molecule has 0 spiro atoms. The normalized spacial score (nSPS) is 11.8. The number of ether oxygens (including phenoxy) is 1. The maximum atomic E-state index is 11.1. The van der Waals surface area contributed by atoms with Crippen LogP contribution in [0.2, 0.25) is 0 Å². The number of benzene rings is 1. The first-order chi connectivity index (χ1) is 16.9. The van der Waals surface area contributed by atoms with Crippen molar-refractivity contribution in [2.45, 2.75) is 46.1 Å². The average molecular weight is 485 g/mol. The van der Waals surface area contributed by atoms with Crippen molar-refractivity contribution in [2.75, 3.05) is 32.1 Å². The summed E-state index contributed by atoms with van der Waals surface area (Å²) >= 11 is 0. The van der Waals surface area contributed by atoms with Crippen molar-refractivity contribution in [1.82, 2.24) is 25.4 Å². The van der Waals surface area contributed by atoms with Crippen molar-refractivity contribution >= 4 is 11.9 Å². The Kier molecular flexibility index (Phi) is 9.10. The second kappa shape index (κ2) is 12.2. The summed E-state index contributed by atoms with van der Waals surface area (Å²) < 4.78 is 11.4. The lowest BCUT2D eigenvalue weighted by Crippen LogP contribution is -2.36. The molecule has 0 aliphatic rings. The third-order valence-corrected chi connectivity index (χ3v) is 5.24. The molecule has 2 aromatic heterocycles. The highest BCUT2D eigenvalue weighted by molar-refractivity contribution is 5.76. The summed E-state index contributed by atoms with van der Waals surface area (Å²) in [4.78, 5) is 24.6. The van der Waals surface area contributed by atoms with Crippen LogP contribution in [0.3, 0.4) is 0 Å². The van der Waals surface area contributed by atoms with Crippen molar-refractivity contribution in [2.24, 2.45) is 0 Å². The summed E-state index contributed by atoms with van der Waals surface area (Å²) in [7, 11) is 1.76. The second-order valence-corrected chi connectivity index (χ2v) is 8.05. The molecular formula is C24H32N6O5. The molecule has 1 amide bonds. The fourth-order valence-electron chi connectivity index (χ4n) is 3.52. The molecule has 188 valence electrons. The van der Waals surface area contributed by atoms with Gasteiger partial charge in [-0.05, 0) is 49.1 Å². The Morgan fingerprint density at radius 3 is 2.69 bits per heavy atom. The van der Waals surface area contributed by atoms with Crippen LogP contribution in [-0.4, -0.2) is 69.1 Å². The van der Waals surface area contributed by atoms with Gasteiger partial charge in [0.05, 0.1) is 0 Å². The third-order valence-electron chi connectivity index (χ3n) is 5.24. The topological polar surface area (TPSA) is 156 Å².